The van der Waals surface area contributed by atoms with Gasteiger partial charge < -0.3 is 10.5 Å². The first-order chi connectivity index (χ1) is 6.59. The van der Waals surface area contributed by atoms with Gasteiger partial charge in [0, 0.05) is 6.42 Å². The number of amidine groups is 1. The molecule has 0 bridgehead atoms. The van der Waals surface area contributed by atoms with Gasteiger partial charge >= 0.3 is 0 Å². The summed E-state index contributed by atoms with van der Waals surface area (Å²) in [4.78, 5) is 0. The van der Waals surface area contributed by atoms with Crippen molar-refractivity contribution in [3.05, 3.63) is 28.8 Å². The van der Waals surface area contributed by atoms with Crippen LogP contribution in [-0.4, -0.2) is 12.4 Å². The van der Waals surface area contributed by atoms with Gasteiger partial charge in [-0.15, -0.1) is 0 Å². The Bertz CT molecular complexity index is 339. The van der Waals surface area contributed by atoms with E-state index in [2.05, 4.69) is 0 Å². The van der Waals surface area contributed by atoms with Crippen LogP contribution in [0.2, 0.25) is 5.02 Å². The Morgan fingerprint density at radius 1 is 1.57 bits per heavy atom. The summed E-state index contributed by atoms with van der Waals surface area (Å²) in [6.45, 7) is 2.35. The van der Waals surface area contributed by atoms with Gasteiger partial charge in [0.15, 0.2) is 0 Å². The lowest BCUT2D eigenvalue weighted by Crippen LogP contribution is -2.13. The highest BCUT2D eigenvalue weighted by Gasteiger charge is 2.01. The van der Waals surface area contributed by atoms with Gasteiger partial charge in [-0.25, -0.2) is 0 Å². The van der Waals surface area contributed by atoms with Crippen molar-refractivity contribution in [3.63, 3.8) is 0 Å². The van der Waals surface area contributed by atoms with Crippen molar-refractivity contribution in [1.82, 2.24) is 0 Å². The molecule has 0 spiro atoms. The molecule has 0 atom stereocenters. The number of benzene rings is 1. The van der Waals surface area contributed by atoms with Gasteiger partial charge in [-0.05, 0) is 24.6 Å². The van der Waals surface area contributed by atoms with E-state index in [1.54, 1.807) is 6.07 Å². The van der Waals surface area contributed by atoms with Crippen LogP contribution in [0.3, 0.4) is 0 Å². The molecule has 14 heavy (non-hydrogen) atoms. The summed E-state index contributed by atoms with van der Waals surface area (Å²) < 4.78 is 5.38. The molecular formula is C10H13ClN2O. The van der Waals surface area contributed by atoms with Crippen LogP contribution in [0.5, 0.6) is 5.75 Å². The van der Waals surface area contributed by atoms with Crippen LogP contribution in [-0.2, 0) is 0 Å². The predicted octanol–water partition coefficient (Wildman–Crippen LogP) is 2.35. The summed E-state index contributed by atoms with van der Waals surface area (Å²) in [7, 11) is 0. The van der Waals surface area contributed by atoms with E-state index in [0.29, 0.717) is 23.8 Å². The Kier molecular flexibility index (Phi) is 3.77. The number of hydrogen-bond acceptors (Lipinski definition) is 2. The molecule has 0 heterocycles. The molecule has 1 aromatic rings. The third kappa shape index (κ3) is 3.26. The molecule has 0 unspecified atom stereocenters. The van der Waals surface area contributed by atoms with Crippen LogP contribution >= 0.6 is 11.6 Å². The Morgan fingerprint density at radius 2 is 2.29 bits per heavy atom. The second-order valence-electron chi connectivity index (χ2n) is 3.06. The zero-order chi connectivity index (χ0) is 10.6. The summed E-state index contributed by atoms with van der Waals surface area (Å²) in [5.74, 6) is 0.765. The van der Waals surface area contributed by atoms with Gasteiger partial charge in [-0.3, -0.25) is 5.41 Å². The molecule has 0 aromatic heterocycles. The van der Waals surface area contributed by atoms with Crippen LogP contribution in [0.4, 0.5) is 0 Å². The minimum absolute atomic E-state index is 0.119. The highest BCUT2D eigenvalue weighted by atomic mass is 35.5. The molecule has 3 N–H and O–H groups in total. The SMILES string of the molecule is Cc1ccc(Cl)c(OCCC(=N)N)c1. The third-order valence-electron chi connectivity index (χ3n) is 1.72. The van der Waals surface area contributed by atoms with E-state index >= 15 is 0 Å². The van der Waals surface area contributed by atoms with Crippen molar-refractivity contribution in [2.45, 2.75) is 13.3 Å². The van der Waals surface area contributed by atoms with Gasteiger partial charge in [0.05, 0.1) is 17.5 Å². The molecule has 1 rings (SSSR count). The topological polar surface area (TPSA) is 59.1 Å². The van der Waals surface area contributed by atoms with Crippen molar-refractivity contribution in [2.75, 3.05) is 6.61 Å². The van der Waals surface area contributed by atoms with Crippen LogP contribution in [0.15, 0.2) is 18.2 Å². The molecule has 0 aliphatic carbocycles. The normalized spacial score (nSPS) is 9.86. The van der Waals surface area contributed by atoms with E-state index < -0.39 is 0 Å². The molecule has 0 fully saturated rings. The number of ether oxygens (including phenoxy) is 1. The highest BCUT2D eigenvalue weighted by molar-refractivity contribution is 6.32. The fourth-order valence-corrected chi connectivity index (χ4v) is 1.16. The van der Waals surface area contributed by atoms with E-state index in [-0.39, 0.29) is 5.84 Å². The van der Waals surface area contributed by atoms with Crippen LogP contribution < -0.4 is 10.5 Å². The van der Waals surface area contributed by atoms with Crippen LogP contribution in [0, 0.1) is 12.3 Å². The monoisotopic (exact) mass is 212 g/mol. The maximum Gasteiger partial charge on any atom is 0.138 e. The molecule has 4 heteroatoms. The maximum absolute atomic E-state index is 7.02. The quantitative estimate of drug-likeness (QED) is 0.595. The van der Waals surface area contributed by atoms with Crippen molar-refractivity contribution in [2.24, 2.45) is 5.73 Å². The molecular weight excluding hydrogens is 200 g/mol. The fraction of sp³-hybridized carbons (Fsp3) is 0.300. The average molecular weight is 213 g/mol. The third-order valence-corrected chi connectivity index (χ3v) is 2.03. The lowest BCUT2D eigenvalue weighted by Gasteiger charge is -2.07. The largest absolute Gasteiger partial charge is 0.492 e. The van der Waals surface area contributed by atoms with Crippen molar-refractivity contribution in [3.8, 4) is 5.75 Å². The van der Waals surface area contributed by atoms with Gasteiger partial charge in [0.25, 0.3) is 0 Å². The van der Waals surface area contributed by atoms with E-state index in [9.17, 15) is 0 Å². The van der Waals surface area contributed by atoms with E-state index in [1.165, 1.54) is 0 Å². The lowest BCUT2D eigenvalue weighted by molar-refractivity contribution is 0.328. The molecule has 0 aliphatic heterocycles. The second kappa shape index (κ2) is 4.86. The summed E-state index contributed by atoms with van der Waals surface area (Å²) >= 11 is 5.90. The lowest BCUT2D eigenvalue weighted by atomic mass is 10.2. The Balaban J connectivity index is 2.57. The fourth-order valence-electron chi connectivity index (χ4n) is 0.992. The predicted molar refractivity (Wildman–Crippen MR) is 58.2 cm³/mol. The minimum atomic E-state index is 0.119. The van der Waals surface area contributed by atoms with Crippen LogP contribution in [0.1, 0.15) is 12.0 Å². The standard InChI is InChI=1S/C10H13ClN2O/c1-7-2-3-8(11)9(6-7)14-5-4-10(12)13/h2-3,6H,4-5H2,1H3,(H3,12,13). The first kappa shape index (κ1) is 10.9. The molecule has 0 aliphatic rings. The molecule has 76 valence electrons. The zero-order valence-corrected chi connectivity index (χ0v) is 8.77. The van der Waals surface area contributed by atoms with Crippen molar-refractivity contribution >= 4 is 17.4 Å². The Morgan fingerprint density at radius 3 is 2.93 bits per heavy atom. The van der Waals surface area contributed by atoms with E-state index in [0.717, 1.165) is 5.56 Å². The summed E-state index contributed by atoms with van der Waals surface area (Å²) in [6, 6.07) is 5.57. The number of nitrogens with one attached hydrogen (secondary N) is 1. The van der Waals surface area contributed by atoms with Crippen LogP contribution in [0.25, 0.3) is 0 Å². The van der Waals surface area contributed by atoms with Crippen molar-refractivity contribution in [1.29, 1.82) is 5.41 Å². The number of halogens is 1. The first-order valence-corrected chi connectivity index (χ1v) is 4.69. The minimum Gasteiger partial charge on any atom is -0.492 e. The molecule has 0 amide bonds. The highest BCUT2D eigenvalue weighted by Crippen LogP contribution is 2.25. The first-order valence-electron chi connectivity index (χ1n) is 4.31. The van der Waals surface area contributed by atoms with Gasteiger partial charge in [-0.2, -0.15) is 0 Å². The Labute approximate surface area is 88.3 Å². The summed E-state index contributed by atoms with van der Waals surface area (Å²) in [5.41, 5.74) is 6.28. The molecule has 0 saturated carbocycles. The maximum atomic E-state index is 7.02. The summed E-state index contributed by atoms with van der Waals surface area (Å²) in [5, 5.41) is 7.60. The number of hydrogen-bond donors (Lipinski definition) is 2. The Hall–Kier alpha value is -1.22. The van der Waals surface area contributed by atoms with Gasteiger partial charge in [-0.1, -0.05) is 17.7 Å². The number of nitrogens with two attached hydrogens (primary N) is 1. The second-order valence-corrected chi connectivity index (χ2v) is 3.46. The summed E-state index contributed by atoms with van der Waals surface area (Å²) in [6.07, 6.45) is 0.421. The number of aryl methyl sites for hydroxylation is 1. The molecule has 3 nitrogen and oxygen atoms in total. The van der Waals surface area contributed by atoms with Gasteiger partial charge in [0.1, 0.15) is 5.75 Å². The average Bonchev–Trinajstić information content (AvgIpc) is 2.10. The number of rotatable bonds is 4. The zero-order valence-electron chi connectivity index (χ0n) is 8.01. The smallest absolute Gasteiger partial charge is 0.138 e. The van der Waals surface area contributed by atoms with Gasteiger partial charge in [0.2, 0.25) is 0 Å². The molecule has 1 aromatic carbocycles. The van der Waals surface area contributed by atoms with E-state index in [1.807, 2.05) is 19.1 Å². The molecule has 0 saturated heterocycles. The molecule has 0 radical (unpaired) electrons. The van der Waals surface area contributed by atoms with E-state index in [4.69, 9.17) is 27.5 Å². The van der Waals surface area contributed by atoms with Crippen molar-refractivity contribution < 1.29 is 4.74 Å².